The van der Waals surface area contributed by atoms with Crippen LogP contribution in [0.5, 0.6) is 0 Å². The number of aromatic amines is 1. The van der Waals surface area contributed by atoms with Crippen molar-refractivity contribution in [3.63, 3.8) is 0 Å². The van der Waals surface area contributed by atoms with Crippen LogP contribution in [0, 0.1) is 6.92 Å². The predicted octanol–water partition coefficient (Wildman–Crippen LogP) is 3.79. The Morgan fingerprint density at radius 1 is 1.35 bits per heavy atom. The minimum Gasteiger partial charge on any atom is -0.337 e. The first kappa shape index (κ1) is 17.0. The van der Waals surface area contributed by atoms with Gasteiger partial charge in [0.05, 0.1) is 11.2 Å². The Balaban J connectivity index is 1.50. The van der Waals surface area contributed by atoms with Crippen molar-refractivity contribution in [1.82, 2.24) is 20.1 Å². The molecular formula is C20H22N4OS. The summed E-state index contributed by atoms with van der Waals surface area (Å²) in [5, 5.41) is 10.3. The lowest BCUT2D eigenvalue weighted by Crippen LogP contribution is -2.39. The normalized spacial score (nSPS) is 17.4. The van der Waals surface area contributed by atoms with Gasteiger partial charge in [-0.1, -0.05) is 30.3 Å². The van der Waals surface area contributed by atoms with Gasteiger partial charge in [0.2, 0.25) is 0 Å². The van der Waals surface area contributed by atoms with E-state index in [0.29, 0.717) is 11.6 Å². The number of hydrogen-bond donors (Lipinski definition) is 1. The van der Waals surface area contributed by atoms with Crippen molar-refractivity contribution < 1.29 is 4.79 Å². The number of amides is 1. The molecule has 3 aromatic rings. The van der Waals surface area contributed by atoms with Gasteiger partial charge in [0.15, 0.2) is 0 Å². The number of benzene rings is 1. The number of aromatic nitrogens is 3. The Kier molecular flexibility index (Phi) is 4.84. The van der Waals surface area contributed by atoms with Gasteiger partial charge in [0.25, 0.3) is 5.91 Å². The average molecular weight is 366 g/mol. The van der Waals surface area contributed by atoms with Gasteiger partial charge in [-0.3, -0.25) is 9.89 Å². The second-order valence-electron chi connectivity index (χ2n) is 6.81. The molecule has 0 saturated carbocycles. The molecule has 4 rings (SSSR count). The molecule has 0 unspecified atom stereocenters. The Bertz CT molecular complexity index is 886. The van der Waals surface area contributed by atoms with E-state index < -0.39 is 0 Å². The third kappa shape index (κ3) is 3.55. The molecule has 1 aromatic carbocycles. The summed E-state index contributed by atoms with van der Waals surface area (Å²) in [6.07, 6.45) is 4.86. The van der Waals surface area contributed by atoms with Crippen molar-refractivity contribution in [2.75, 3.05) is 13.1 Å². The highest BCUT2D eigenvalue weighted by Crippen LogP contribution is 2.29. The van der Waals surface area contributed by atoms with Crippen LogP contribution in [0.1, 0.15) is 51.1 Å². The molecule has 5 nitrogen and oxygen atoms in total. The molecule has 0 spiro atoms. The van der Waals surface area contributed by atoms with Gasteiger partial charge in [-0.2, -0.15) is 5.10 Å². The molecule has 1 atom stereocenters. The molecule has 2 aromatic heterocycles. The second-order valence-corrected chi connectivity index (χ2v) is 7.88. The molecule has 3 heterocycles. The van der Waals surface area contributed by atoms with Crippen LogP contribution in [-0.2, 0) is 6.42 Å². The number of H-pyrrole nitrogens is 1. The SMILES string of the molecule is Cc1nc(C(=O)N2CCC[C@@H](c3[nH]ncc3Cc3ccccc3)C2)cs1. The maximum atomic E-state index is 12.7. The lowest BCUT2D eigenvalue weighted by molar-refractivity contribution is 0.0700. The monoisotopic (exact) mass is 366 g/mol. The van der Waals surface area contributed by atoms with Crippen molar-refractivity contribution >= 4 is 17.2 Å². The molecule has 1 N–H and O–H groups in total. The highest BCUT2D eigenvalue weighted by Gasteiger charge is 2.28. The Morgan fingerprint density at radius 3 is 2.96 bits per heavy atom. The average Bonchev–Trinajstić information content (AvgIpc) is 3.31. The summed E-state index contributed by atoms with van der Waals surface area (Å²) in [6.45, 7) is 3.45. The number of thiazole rings is 1. The van der Waals surface area contributed by atoms with Crippen LogP contribution in [0.3, 0.4) is 0 Å². The number of rotatable bonds is 4. The predicted molar refractivity (Wildman–Crippen MR) is 103 cm³/mol. The maximum Gasteiger partial charge on any atom is 0.273 e. The van der Waals surface area contributed by atoms with Crippen molar-refractivity contribution in [2.24, 2.45) is 0 Å². The van der Waals surface area contributed by atoms with E-state index in [-0.39, 0.29) is 5.91 Å². The molecule has 1 aliphatic heterocycles. The third-order valence-electron chi connectivity index (χ3n) is 4.94. The Hall–Kier alpha value is -2.47. The number of hydrogen-bond acceptors (Lipinski definition) is 4. The number of nitrogens with one attached hydrogen (secondary N) is 1. The van der Waals surface area contributed by atoms with E-state index in [1.54, 1.807) is 0 Å². The second kappa shape index (κ2) is 7.41. The maximum absolute atomic E-state index is 12.7. The lowest BCUT2D eigenvalue weighted by atomic mass is 9.90. The van der Waals surface area contributed by atoms with E-state index in [4.69, 9.17) is 0 Å². The molecule has 0 radical (unpaired) electrons. The summed E-state index contributed by atoms with van der Waals surface area (Å²) in [4.78, 5) is 19.0. The topological polar surface area (TPSA) is 61.9 Å². The zero-order valence-electron chi connectivity index (χ0n) is 14.8. The van der Waals surface area contributed by atoms with Crippen molar-refractivity contribution in [3.05, 3.63) is 69.4 Å². The number of piperidine rings is 1. The molecule has 26 heavy (non-hydrogen) atoms. The van der Waals surface area contributed by atoms with E-state index in [9.17, 15) is 4.79 Å². The van der Waals surface area contributed by atoms with Crippen molar-refractivity contribution in [3.8, 4) is 0 Å². The zero-order valence-corrected chi connectivity index (χ0v) is 15.6. The Labute approximate surface area is 157 Å². The zero-order chi connectivity index (χ0) is 17.9. The number of carbonyl (C=O) groups excluding carboxylic acids is 1. The fourth-order valence-electron chi connectivity index (χ4n) is 3.65. The van der Waals surface area contributed by atoms with Gasteiger partial charge in [-0.25, -0.2) is 4.98 Å². The fraction of sp³-hybridized carbons (Fsp3) is 0.350. The van der Waals surface area contributed by atoms with Crippen LogP contribution in [-0.4, -0.2) is 39.1 Å². The van der Waals surface area contributed by atoms with Crippen LogP contribution >= 0.6 is 11.3 Å². The summed E-state index contributed by atoms with van der Waals surface area (Å²) in [7, 11) is 0. The molecular weight excluding hydrogens is 344 g/mol. The molecule has 0 bridgehead atoms. The van der Waals surface area contributed by atoms with Crippen LogP contribution in [0.4, 0.5) is 0 Å². The number of carbonyl (C=O) groups is 1. The van der Waals surface area contributed by atoms with E-state index in [2.05, 4.69) is 39.4 Å². The quantitative estimate of drug-likeness (QED) is 0.764. The molecule has 134 valence electrons. The Morgan fingerprint density at radius 2 is 2.19 bits per heavy atom. The first-order valence-electron chi connectivity index (χ1n) is 8.98. The van der Waals surface area contributed by atoms with Gasteiger partial charge in [-0.15, -0.1) is 11.3 Å². The molecule has 6 heteroatoms. The van der Waals surface area contributed by atoms with Gasteiger partial charge in [0, 0.05) is 36.5 Å². The van der Waals surface area contributed by atoms with Crippen molar-refractivity contribution in [2.45, 2.75) is 32.1 Å². The minimum absolute atomic E-state index is 0.0446. The van der Waals surface area contributed by atoms with Gasteiger partial charge in [-0.05, 0) is 30.9 Å². The standard InChI is InChI=1S/C20H22N4OS/c1-14-22-18(13-26-14)20(25)24-9-5-8-16(12-24)19-17(11-21-23-19)10-15-6-3-2-4-7-15/h2-4,6-7,11,13,16H,5,8-10,12H2,1H3,(H,21,23)/t16-/m1/s1. The van der Waals surface area contributed by atoms with Gasteiger partial charge < -0.3 is 4.90 Å². The number of aryl methyl sites for hydroxylation is 1. The van der Waals surface area contributed by atoms with Gasteiger partial charge >= 0.3 is 0 Å². The van der Waals surface area contributed by atoms with E-state index >= 15 is 0 Å². The molecule has 1 aliphatic rings. The smallest absolute Gasteiger partial charge is 0.273 e. The van der Waals surface area contributed by atoms with E-state index in [1.807, 2.05) is 29.5 Å². The van der Waals surface area contributed by atoms with Crippen LogP contribution < -0.4 is 0 Å². The summed E-state index contributed by atoms with van der Waals surface area (Å²) in [6, 6.07) is 10.4. The van der Waals surface area contributed by atoms with Crippen LogP contribution in [0.2, 0.25) is 0 Å². The fourth-order valence-corrected chi connectivity index (χ4v) is 4.24. The van der Waals surface area contributed by atoms with E-state index in [0.717, 1.165) is 37.4 Å². The third-order valence-corrected chi connectivity index (χ3v) is 5.72. The first-order chi connectivity index (χ1) is 12.7. The van der Waals surface area contributed by atoms with Crippen LogP contribution in [0.25, 0.3) is 0 Å². The summed E-state index contributed by atoms with van der Waals surface area (Å²) in [5.74, 6) is 0.344. The summed E-state index contributed by atoms with van der Waals surface area (Å²) >= 11 is 1.52. The largest absolute Gasteiger partial charge is 0.337 e. The first-order valence-corrected chi connectivity index (χ1v) is 9.86. The highest BCUT2D eigenvalue weighted by atomic mass is 32.1. The highest BCUT2D eigenvalue weighted by molar-refractivity contribution is 7.09. The van der Waals surface area contributed by atoms with E-state index in [1.165, 1.54) is 28.2 Å². The summed E-state index contributed by atoms with van der Waals surface area (Å²) < 4.78 is 0. The molecule has 1 fully saturated rings. The molecule has 1 saturated heterocycles. The molecule has 1 amide bonds. The lowest BCUT2D eigenvalue weighted by Gasteiger charge is -2.32. The summed E-state index contributed by atoms with van der Waals surface area (Å²) in [5.41, 5.74) is 4.24. The minimum atomic E-state index is 0.0446. The number of likely N-dealkylation sites (tertiary alicyclic amines) is 1. The van der Waals surface area contributed by atoms with Crippen LogP contribution in [0.15, 0.2) is 41.9 Å². The van der Waals surface area contributed by atoms with Gasteiger partial charge in [0.1, 0.15) is 5.69 Å². The molecule has 0 aliphatic carbocycles. The number of nitrogens with zero attached hydrogens (tertiary/aromatic N) is 3. The van der Waals surface area contributed by atoms with Crippen molar-refractivity contribution in [1.29, 1.82) is 0 Å².